The van der Waals surface area contributed by atoms with Crippen LogP contribution < -0.4 is 4.90 Å². The molecule has 0 bridgehead atoms. The fourth-order valence-electron chi connectivity index (χ4n) is 2.69. The molecule has 0 saturated carbocycles. The molecule has 0 N–H and O–H groups in total. The van der Waals surface area contributed by atoms with Crippen molar-refractivity contribution in [3.8, 4) is 0 Å². The molecule has 3 aromatic rings. The first-order valence-electron chi connectivity index (χ1n) is 7.16. The predicted octanol–water partition coefficient (Wildman–Crippen LogP) is 3.79. The number of rotatable bonds is 3. The fourth-order valence-corrected chi connectivity index (χ4v) is 3.56. The van der Waals surface area contributed by atoms with Crippen LogP contribution in [-0.4, -0.2) is 10.2 Å². The number of halogens is 1. The van der Waals surface area contributed by atoms with E-state index in [2.05, 4.69) is 39.4 Å². The summed E-state index contributed by atoms with van der Waals surface area (Å²) in [6, 6.07) is 15.0. The van der Waals surface area contributed by atoms with Crippen LogP contribution in [0.4, 0.5) is 9.52 Å². The van der Waals surface area contributed by atoms with Crippen LogP contribution in [0.25, 0.3) is 0 Å². The maximum absolute atomic E-state index is 12.9. The first kappa shape index (κ1) is 13.4. The van der Waals surface area contributed by atoms with Gasteiger partial charge in [0.1, 0.15) is 10.8 Å². The summed E-state index contributed by atoms with van der Waals surface area (Å²) < 4.78 is 12.9. The van der Waals surface area contributed by atoms with Crippen LogP contribution in [-0.2, 0) is 19.5 Å². The van der Waals surface area contributed by atoms with Gasteiger partial charge in [-0.05, 0) is 28.8 Å². The van der Waals surface area contributed by atoms with E-state index in [-0.39, 0.29) is 5.82 Å². The maximum Gasteiger partial charge on any atom is 0.208 e. The van der Waals surface area contributed by atoms with Crippen molar-refractivity contribution in [1.82, 2.24) is 10.2 Å². The molecule has 110 valence electrons. The van der Waals surface area contributed by atoms with Gasteiger partial charge in [-0.3, -0.25) is 0 Å². The van der Waals surface area contributed by atoms with Gasteiger partial charge in [-0.1, -0.05) is 47.7 Å². The van der Waals surface area contributed by atoms with Crippen molar-refractivity contribution in [2.45, 2.75) is 19.5 Å². The molecule has 1 aromatic heterocycles. The van der Waals surface area contributed by atoms with Crippen LogP contribution >= 0.6 is 11.3 Å². The Kier molecular flexibility index (Phi) is 3.35. The van der Waals surface area contributed by atoms with E-state index in [1.807, 2.05) is 0 Å². The van der Waals surface area contributed by atoms with Gasteiger partial charge in [-0.15, -0.1) is 10.2 Å². The number of hydrogen-bond acceptors (Lipinski definition) is 4. The van der Waals surface area contributed by atoms with E-state index in [4.69, 9.17) is 0 Å². The SMILES string of the molecule is Fc1ccc(Cc2nnc(N3Cc4ccccc4C3)s2)cc1. The molecule has 2 heterocycles. The van der Waals surface area contributed by atoms with Gasteiger partial charge in [-0.25, -0.2) is 4.39 Å². The number of benzene rings is 2. The van der Waals surface area contributed by atoms with E-state index in [1.54, 1.807) is 23.5 Å². The van der Waals surface area contributed by atoms with E-state index in [1.165, 1.54) is 23.3 Å². The maximum atomic E-state index is 12.9. The Morgan fingerprint density at radius 2 is 1.64 bits per heavy atom. The third-order valence-corrected chi connectivity index (χ3v) is 4.82. The monoisotopic (exact) mass is 311 g/mol. The third-order valence-electron chi connectivity index (χ3n) is 3.84. The second kappa shape index (κ2) is 5.50. The van der Waals surface area contributed by atoms with Crippen LogP contribution in [0.5, 0.6) is 0 Å². The van der Waals surface area contributed by atoms with Crippen LogP contribution in [0.2, 0.25) is 0 Å². The summed E-state index contributed by atoms with van der Waals surface area (Å²) in [5.41, 5.74) is 3.77. The number of aromatic nitrogens is 2. The van der Waals surface area contributed by atoms with Crippen molar-refractivity contribution in [3.63, 3.8) is 0 Å². The van der Waals surface area contributed by atoms with Gasteiger partial charge in [0.05, 0.1) is 0 Å². The van der Waals surface area contributed by atoms with Gasteiger partial charge in [0.15, 0.2) is 0 Å². The lowest BCUT2D eigenvalue weighted by Crippen LogP contribution is -2.13. The molecule has 1 aliphatic heterocycles. The van der Waals surface area contributed by atoms with Gasteiger partial charge < -0.3 is 4.90 Å². The molecule has 0 fully saturated rings. The lowest BCUT2D eigenvalue weighted by Gasteiger charge is -2.11. The summed E-state index contributed by atoms with van der Waals surface area (Å²) in [6.45, 7) is 1.78. The molecule has 0 spiro atoms. The smallest absolute Gasteiger partial charge is 0.208 e. The molecule has 0 radical (unpaired) electrons. The average Bonchev–Trinajstić information content (AvgIpc) is 3.15. The highest BCUT2D eigenvalue weighted by molar-refractivity contribution is 7.15. The van der Waals surface area contributed by atoms with Crippen LogP contribution in [0.15, 0.2) is 48.5 Å². The van der Waals surface area contributed by atoms with Crippen LogP contribution in [0, 0.1) is 5.82 Å². The molecular weight excluding hydrogens is 297 g/mol. The van der Waals surface area contributed by atoms with E-state index in [9.17, 15) is 4.39 Å². The number of hydrogen-bond donors (Lipinski definition) is 0. The Bertz CT molecular complexity index is 773. The summed E-state index contributed by atoms with van der Waals surface area (Å²) in [6.07, 6.45) is 0.693. The standard InChI is InChI=1S/C17H14FN3S/c18-15-7-5-12(6-8-15)9-16-19-20-17(22-16)21-10-13-3-1-2-4-14(13)11-21/h1-8H,9-11H2. The van der Waals surface area contributed by atoms with Crippen molar-refractivity contribution in [1.29, 1.82) is 0 Å². The topological polar surface area (TPSA) is 29.0 Å². The number of anilines is 1. The zero-order chi connectivity index (χ0) is 14.9. The molecule has 0 atom stereocenters. The molecule has 0 amide bonds. The minimum Gasteiger partial charge on any atom is -0.338 e. The molecule has 2 aromatic carbocycles. The summed E-state index contributed by atoms with van der Waals surface area (Å²) >= 11 is 1.61. The van der Waals surface area contributed by atoms with Crippen molar-refractivity contribution < 1.29 is 4.39 Å². The van der Waals surface area contributed by atoms with Gasteiger partial charge in [0.25, 0.3) is 0 Å². The molecule has 1 aliphatic rings. The minimum absolute atomic E-state index is 0.212. The minimum atomic E-state index is -0.212. The van der Waals surface area contributed by atoms with Gasteiger partial charge in [-0.2, -0.15) is 0 Å². The van der Waals surface area contributed by atoms with Crippen molar-refractivity contribution in [3.05, 3.63) is 76.0 Å². The van der Waals surface area contributed by atoms with E-state index < -0.39 is 0 Å². The molecule has 22 heavy (non-hydrogen) atoms. The molecular formula is C17H14FN3S. The normalized spacial score (nSPS) is 13.4. The van der Waals surface area contributed by atoms with E-state index in [0.29, 0.717) is 6.42 Å². The number of nitrogens with zero attached hydrogens (tertiary/aromatic N) is 3. The zero-order valence-electron chi connectivity index (χ0n) is 11.9. The molecule has 5 heteroatoms. The third kappa shape index (κ3) is 2.60. The van der Waals surface area contributed by atoms with Crippen LogP contribution in [0.3, 0.4) is 0 Å². The highest BCUT2D eigenvalue weighted by Crippen LogP contribution is 2.30. The quantitative estimate of drug-likeness (QED) is 0.737. The largest absolute Gasteiger partial charge is 0.338 e. The predicted molar refractivity (Wildman–Crippen MR) is 85.4 cm³/mol. The average molecular weight is 311 g/mol. The Hall–Kier alpha value is -2.27. The van der Waals surface area contributed by atoms with Crippen LogP contribution in [0.1, 0.15) is 21.7 Å². The highest BCUT2D eigenvalue weighted by atomic mass is 32.1. The Morgan fingerprint density at radius 3 is 2.32 bits per heavy atom. The summed E-state index contributed by atoms with van der Waals surface area (Å²) in [4.78, 5) is 2.25. The molecule has 0 unspecified atom stereocenters. The molecule has 0 saturated heterocycles. The number of fused-ring (bicyclic) bond motifs is 1. The second-order valence-corrected chi connectivity index (χ2v) is 6.45. The van der Waals surface area contributed by atoms with E-state index >= 15 is 0 Å². The summed E-state index contributed by atoms with van der Waals surface area (Å²) in [5, 5.41) is 10.5. The van der Waals surface area contributed by atoms with Crippen molar-refractivity contribution in [2.75, 3.05) is 4.90 Å². The molecule has 3 nitrogen and oxygen atoms in total. The van der Waals surface area contributed by atoms with Gasteiger partial charge in [0, 0.05) is 19.5 Å². The lowest BCUT2D eigenvalue weighted by atomic mass is 10.1. The lowest BCUT2D eigenvalue weighted by molar-refractivity contribution is 0.627. The first-order valence-corrected chi connectivity index (χ1v) is 7.98. The second-order valence-electron chi connectivity index (χ2n) is 5.41. The summed E-state index contributed by atoms with van der Waals surface area (Å²) in [5.74, 6) is -0.212. The Balaban J connectivity index is 1.49. The fraction of sp³-hybridized carbons (Fsp3) is 0.176. The zero-order valence-corrected chi connectivity index (χ0v) is 12.7. The van der Waals surface area contributed by atoms with Crippen molar-refractivity contribution >= 4 is 16.5 Å². The molecule has 4 rings (SSSR count). The van der Waals surface area contributed by atoms with Gasteiger partial charge in [0.2, 0.25) is 5.13 Å². The van der Waals surface area contributed by atoms with Crippen molar-refractivity contribution in [2.24, 2.45) is 0 Å². The summed E-state index contributed by atoms with van der Waals surface area (Å²) in [7, 11) is 0. The van der Waals surface area contributed by atoms with E-state index in [0.717, 1.165) is 28.8 Å². The molecule has 0 aliphatic carbocycles. The highest BCUT2D eigenvalue weighted by Gasteiger charge is 2.21. The first-order chi connectivity index (χ1) is 10.8. The van der Waals surface area contributed by atoms with Gasteiger partial charge >= 0.3 is 0 Å². The Morgan fingerprint density at radius 1 is 0.955 bits per heavy atom. The Labute approximate surface area is 132 Å².